The van der Waals surface area contributed by atoms with Crippen molar-refractivity contribution in [1.82, 2.24) is 9.88 Å². The number of ether oxygens (including phenoxy) is 1. The minimum Gasteiger partial charge on any atom is -0.387 e. The third-order valence-electron chi connectivity index (χ3n) is 3.68. The molecule has 3 rings (SSSR count). The van der Waals surface area contributed by atoms with Crippen molar-refractivity contribution in [3.8, 4) is 0 Å². The van der Waals surface area contributed by atoms with Gasteiger partial charge in [0.05, 0.1) is 12.7 Å². The molecule has 1 aliphatic rings. The van der Waals surface area contributed by atoms with E-state index < -0.39 is 6.10 Å². The molecule has 0 unspecified atom stereocenters. The molecule has 1 aromatic heterocycles. The number of aryl methyl sites for hydroxylation is 1. The first-order valence-electron chi connectivity index (χ1n) is 7.21. The number of rotatable bonds is 4. The Balaban J connectivity index is 1.61. The van der Waals surface area contributed by atoms with E-state index in [2.05, 4.69) is 15.3 Å². The molecule has 1 N–H and O–H groups in total. The highest BCUT2D eigenvalue weighted by Crippen LogP contribution is 2.26. The zero-order valence-electron chi connectivity index (χ0n) is 12.1. The van der Waals surface area contributed by atoms with Crippen molar-refractivity contribution >= 4 is 11.3 Å². The lowest BCUT2D eigenvalue weighted by Crippen LogP contribution is -2.40. The summed E-state index contributed by atoms with van der Waals surface area (Å²) >= 11 is 1.65. The highest BCUT2D eigenvalue weighted by Gasteiger charge is 2.25. The van der Waals surface area contributed by atoms with Crippen LogP contribution >= 0.6 is 11.3 Å². The molecule has 0 spiro atoms. The van der Waals surface area contributed by atoms with E-state index in [1.165, 1.54) is 0 Å². The Morgan fingerprint density at radius 3 is 2.95 bits per heavy atom. The number of benzene rings is 1. The van der Waals surface area contributed by atoms with Crippen molar-refractivity contribution in [3.63, 3.8) is 0 Å². The average Bonchev–Trinajstić information content (AvgIpc) is 2.95. The molecular formula is C16H20N2O2S. The maximum atomic E-state index is 10.3. The number of β-amino-alcohol motifs (C(OH)–C–C–N with tert-alkyl or cyclic N) is 1. The quantitative estimate of drug-likeness (QED) is 0.943. The Morgan fingerprint density at radius 2 is 2.24 bits per heavy atom. The average molecular weight is 304 g/mol. The van der Waals surface area contributed by atoms with E-state index in [1.807, 2.05) is 37.3 Å². The molecule has 2 heterocycles. The second kappa shape index (κ2) is 6.66. The Bertz CT molecular complexity index is 573. The number of aliphatic hydroxyl groups is 1. The highest BCUT2D eigenvalue weighted by atomic mass is 32.1. The van der Waals surface area contributed by atoms with Crippen molar-refractivity contribution in [2.24, 2.45) is 0 Å². The van der Waals surface area contributed by atoms with Crippen LogP contribution in [0.5, 0.6) is 0 Å². The molecule has 4 nitrogen and oxygen atoms in total. The van der Waals surface area contributed by atoms with Crippen LogP contribution in [0, 0.1) is 6.92 Å². The molecule has 0 bridgehead atoms. The van der Waals surface area contributed by atoms with Crippen LogP contribution in [0.25, 0.3) is 0 Å². The van der Waals surface area contributed by atoms with Crippen LogP contribution in [0.4, 0.5) is 0 Å². The molecule has 21 heavy (non-hydrogen) atoms. The van der Waals surface area contributed by atoms with Crippen LogP contribution in [0.15, 0.2) is 35.7 Å². The Labute approximate surface area is 129 Å². The molecule has 1 fully saturated rings. The van der Waals surface area contributed by atoms with Gasteiger partial charge in [-0.3, -0.25) is 4.90 Å². The molecule has 2 atom stereocenters. The van der Waals surface area contributed by atoms with Gasteiger partial charge in [-0.15, -0.1) is 11.3 Å². The minimum atomic E-state index is -0.456. The number of aliphatic hydroxyl groups excluding tert-OH is 1. The lowest BCUT2D eigenvalue weighted by Gasteiger charge is -2.33. The Morgan fingerprint density at radius 1 is 1.43 bits per heavy atom. The van der Waals surface area contributed by atoms with Gasteiger partial charge in [-0.1, -0.05) is 30.3 Å². The molecule has 1 aromatic carbocycles. The third kappa shape index (κ3) is 3.68. The van der Waals surface area contributed by atoms with Crippen molar-refractivity contribution in [2.75, 3.05) is 26.2 Å². The summed E-state index contributed by atoms with van der Waals surface area (Å²) < 4.78 is 5.82. The summed E-state index contributed by atoms with van der Waals surface area (Å²) in [5.74, 6) is 0. The van der Waals surface area contributed by atoms with Crippen molar-refractivity contribution in [2.45, 2.75) is 19.1 Å². The summed E-state index contributed by atoms with van der Waals surface area (Å²) in [4.78, 5) is 6.76. The zero-order valence-corrected chi connectivity index (χ0v) is 12.9. The number of thiazole rings is 1. The largest absolute Gasteiger partial charge is 0.387 e. The van der Waals surface area contributed by atoms with E-state index in [0.717, 1.165) is 29.4 Å². The van der Waals surface area contributed by atoms with Crippen LogP contribution in [0.2, 0.25) is 0 Å². The maximum absolute atomic E-state index is 10.3. The van der Waals surface area contributed by atoms with E-state index in [0.29, 0.717) is 13.2 Å². The van der Waals surface area contributed by atoms with Crippen LogP contribution in [0.1, 0.15) is 28.5 Å². The molecule has 0 radical (unpaired) electrons. The first kappa shape index (κ1) is 14.7. The number of hydrogen-bond acceptors (Lipinski definition) is 5. The van der Waals surface area contributed by atoms with Gasteiger partial charge in [0.1, 0.15) is 11.1 Å². The monoisotopic (exact) mass is 304 g/mol. The van der Waals surface area contributed by atoms with Gasteiger partial charge in [0.15, 0.2) is 0 Å². The summed E-state index contributed by atoms with van der Waals surface area (Å²) in [6.45, 7) is 4.96. The summed E-state index contributed by atoms with van der Waals surface area (Å²) in [5.41, 5.74) is 2.01. The second-order valence-corrected chi connectivity index (χ2v) is 6.26. The molecule has 0 aliphatic carbocycles. The smallest absolute Gasteiger partial charge is 0.123 e. The predicted octanol–water partition coefficient (Wildman–Crippen LogP) is 2.56. The molecular weight excluding hydrogens is 284 g/mol. The lowest BCUT2D eigenvalue weighted by atomic mass is 10.1. The van der Waals surface area contributed by atoms with Gasteiger partial charge in [0, 0.05) is 30.7 Å². The fraction of sp³-hybridized carbons (Fsp3) is 0.438. The molecule has 5 heteroatoms. The molecule has 0 amide bonds. The van der Waals surface area contributed by atoms with Crippen molar-refractivity contribution in [1.29, 1.82) is 0 Å². The van der Waals surface area contributed by atoms with Gasteiger partial charge in [-0.2, -0.15) is 0 Å². The van der Waals surface area contributed by atoms with Gasteiger partial charge in [-0.05, 0) is 12.5 Å². The summed E-state index contributed by atoms with van der Waals surface area (Å²) in [6.07, 6.45) is -0.427. The van der Waals surface area contributed by atoms with Crippen LogP contribution < -0.4 is 0 Å². The first-order valence-corrected chi connectivity index (χ1v) is 8.09. The van der Waals surface area contributed by atoms with Crippen LogP contribution in [-0.2, 0) is 4.74 Å². The zero-order chi connectivity index (χ0) is 14.7. The summed E-state index contributed by atoms with van der Waals surface area (Å²) in [6, 6.07) is 9.81. The van der Waals surface area contributed by atoms with Gasteiger partial charge in [-0.25, -0.2) is 4.98 Å². The van der Waals surface area contributed by atoms with Crippen LogP contribution in [0.3, 0.4) is 0 Å². The highest BCUT2D eigenvalue weighted by molar-refractivity contribution is 7.09. The summed E-state index contributed by atoms with van der Waals surface area (Å²) in [5, 5.41) is 13.4. The fourth-order valence-electron chi connectivity index (χ4n) is 2.56. The second-order valence-electron chi connectivity index (χ2n) is 5.37. The standard InChI is InChI=1S/C16H20N2O2S/c1-12-11-21-16(17-12)15-10-18(7-8-20-15)9-14(19)13-5-3-2-4-6-13/h2-6,11,14-15,19H,7-10H2,1H3/t14-,15-/m0/s1. The molecule has 2 aromatic rings. The number of morpholine rings is 1. The lowest BCUT2D eigenvalue weighted by molar-refractivity contribution is -0.0425. The third-order valence-corrected chi connectivity index (χ3v) is 4.73. The van der Waals surface area contributed by atoms with Gasteiger partial charge >= 0.3 is 0 Å². The Kier molecular flexibility index (Phi) is 4.65. The first-order chi connectivity index (χ1) is 10.2. The van der Waals surface area contributed by atoms with E-state index in [4.69, 9.17) is 4.74 Å². The molecule has 1 aliphatic heterocycles. The maximum Gasteiger partial charge on any atom is 0.123 e. The predicted molar refractivity (Wildman–Crippen MR) is 83.4 cm³/mol. The van der Waals surface area contributed by atoms with E-state index >= 15 is 0 Å². The molecule has 1 saturated heterocycles. The van der Waals surface area contributed by atoms with Gasteiger partial charge in [0.2, 0.25) is 0 Å². The fourth-order valence-corrected chi connectivity index (χ4v) is 3.40. The Hall–Kier alpha value is -1.27. The number of nitrogens with zero attached hydrogens (tertiary/aromatic N) is 2. The van der Waals surface area contributed by atoms with Crippen molar-refractivity contribution in [3.05, 3.63) is 52.0 Å². The summed E-state index contributed by atoms with van der Waals surface area (Å²) in [7, 11) is 0. The van der Waals surface area contributed by atoms with E-state index in [9.17, 15) is 5.11 Å². The van der Waals surface area contributed by atoms with E-state index in [-0.39, 0.29) is 6.10 Å². The normalized spacial score (nSPS) is 21.3. The van der Waals surface area contributed by atoms with Crippen LogP contribution in [-0.4, -0.2) is 41.2 Å². The minimum absolute atomic E-state index is 0.0282. The van der Waals surface area contributed by atoms with Crippen molar-refractivity contribution < 1.29 is 9.84 Å². The topological polar surface area (TPSA) is 45.6 Å². The number of hydrogen-bond donors (Lipinski definition) is 1. The van der Waals surface area contributed by atoms with Gasteiger partial charge in [0.25, 0.3) is 0 Å². The van der Waals surface area contributed by atoms with E-state index in [1.54, 1.807) is 11.3 Å². The molecule has 112 valence electrons. The SMILES string of the molecule is Cc1csc([C@@H]2CN(C[C@H](O)c3ccccc3)CCO2)n1. The van der Waals surface area contributed by atoms with Gasteiger partial charge < -0.3 is 9.84 Å². The number of aromatic nitrogens is 1. The molecule has 0 saturated carbocycles.